The molecule has 440 valence electrons. The third kappa shape index (κ3) is 13.7. The second kappa shape index (κ2) is 24.9. The number of carbonyl (C=O) groups is 5. The van der Waals surface area contributed by atoms with Crippen molar-refractivity contribution in [1.29, 1.82) is 0 Å². The molecule has 0 spiro atoms. The van der Waals surface area contributed by atoms with Crippen LogP contribution in [0.1, 0.15) is 114 Å². The first kappa shape index (κ1) is 59.1. The van der Waals surface area contributed by atoms with E-state index in [1.165, 1.54) is 12.4 Å². The highest BCUT2D eigenvalue weighted by Gasteiger charge is 2.45. The molecule has 0 unspecified atom stereocenters. The predicted molar refractivity (Wildman–Crippen MR) is 299 cm³/mol. The summed E-state index contributed by atoms with van der Waals surface area (Å²) in [6, 6.07) is 11.2. The van der Waals surface area contributed by atoms with Crippen LogP contribution in [0.25, 0.3) is 33.5 Å². The number of hydrogen-bond acceptors (Lipinski definition) is 19. The maximum atomic E-state index is 14.1. The Hall–Kier alpha value is -8.52. The van der Waals surface area contributed by atoms with E-state index in [9.17, 15) is 42.3 Å². The minimum absolute atomic E-state index is 0.00209. The zero-order valence-corrected chi connectivity index (χ0v) is 47.9. The molecule has 0 saturated carbocycles. The number of fused-ring (bicyclic) bond motifs is 6. The molecule has 4 aromatic heterocycles. The molecule has 25 nitrogen and oxygen atoms in total. The van der Waals surface area contributed by atoms with Gasteiger partial charge in [-0.2, -0.15) is 0 Å². The van der Waals surface area contributed by atoms with Gasteiger partial charge in [0.15, 0.2) is 17.1 Å². The summed E-state index contributed by atoms with van der Waals surface area (Å²) in [6.07, 6.45) is 8.07. The molecule has 6 aromatic rings. The Bertz CT molecular complexity index is 3620. The summed E-state index contributed by atoms with van der Waals surface area (Å²) in [7, 11) is -3.55. The van der Waals surface area contributed by atoms with Crippen molar-refractivity contribution in [2.75, 3.05) is 38.0 Å². The van der Waals surface area contributed by atoms with E-state index in [-0.39, 0.29) is 74.5 Å². The van der Waals surface area contributed by atoms with Crippen LogP contribution in [-0.4, -0.2) is 127 Å². The van der Waals surface area contributed by atoms with Crippen LogP contribution in [0, 0.1) is 0 Å². The second-order valence-electron chi connectivity index (χ2n) is 21.6. The Morgan fingerprint density at radius 2 is 1.69 bits per heavy atom. The van der Waals surface area contributed by atoms with E-state index in [1.807, 2.05) is 13.0 Å². The number of hydrogen-bond donors (Lipinski definition) is 4. The van der Waals surface area contributed by atoms with E-state index in [4.69, 9.17) is 28.7 Å². The fourth-order valence-corrected chi connectivity index (χ4v) is 10.5. The third-order valence-corrected chi connectivity index (χ3v) is 15.4. The third-order valence-electron chi connectivity index (χ3n) is 14.5. The zero-order chi connectivity index (χ0) is 59.2. The number of alkyl carbamates (subject to hydrolysis) is 1. The van der Waals surface area contributed by atoms with Crippen molar-refractivity contribution in [1.82, 2.24) is 50.0 Å². The number of aryl methyl sites for hydroxylation is 1. The van der Waals surface area contributed by atoms with Gasteiger partial charge < -0.3 is 54.2 Å². The molecular formula is C57H67N11O14S. The van der Waals surface area contributed by atoms with Crippen molar-refractivity contribution in [3.63, 3.8) is 0 Å². The normalized spacial score (nSPS) is 15.4. The van der Waals surface area contributed by atoms with Gasteiger partial charge in [-0.25, -0.2) is 37.8 Å². The lowest BCUT2D eigenvalue weighted by Gasteiger charge is -2.31. The summed E-state index contributed by atoms with van der Waals surface area (Å²) in [5, 5.41) is 28.7. The quantitative estimate of drug-likeness (QED) is 0.0253. The van der Waals surface area contributed by atoms with Crippen molar-refractivity contribution in [2.24, 2.45) is 0 Å². The van der Waals surface area contributed by atoms with Gasteiger partial charge in [0.25, 0.3) is 5.56 Å². The topological polar surface area (TPSA) is 317 Å². The maximum Gasteiger partial charge on any atom is 0.410 e. The van der Waals surface area contributed by atoms with Crippen LogP contribution in [0.5, 0.6) is 11.5 Å². The fraction of sp³-hybridized carbons (Fsp3) is 0.456. The van der Waals surface area contributed by atoms with Crippen LogP contribution in [0.15, 0.2) is 71.0 Å². The van der Waals surface area contributed by atoms with E-state index in [1.54, 1.807) is 84.4 Å². The molecule has 2 aromatic carbocycles. The molecule has 0 fully saturated rings. The van der Waals surface area contributed by atoms with Crippen LogP contribution in [0.4, 0.5) is 15.3 Å². The number of unbranched alkanes of at least 4 members (excludes halogenated alkanes) is 3. The number of sulfone groups is 1. The highest BCUT2D eigenvalue weighted by Crippen LogP contribution is 2.43. The molecule has 2 atom stereocenters. The average Bonchev–Trinajstić information content (AvgIpc) is 2.05. The number of nitrogens with one attached hydrogen (secondary N) is 3. The van der Waals surface area contributed by atoms with Crippen molar-refractivity contribution in [3.8, 4) is 34.1 Å². The lowest BCUT2D eigenvalue weighted by atomic mass is 9.86. The van der Waals surface area contributed by atoms with E-state index in [0.717, 1.165) is 22.8 Å². The smallest absolute Gasteiger partial charge is 0.410 e. The van der Waals surface area contributed by atoms with Gasteiger partial charge in [-0.1, -0.05) is 30.7 Å². The number of esters is 1. The molecule has 0 saturated heterocycles. The SMILES string of the molecule is CCN(CCc1c2c(nc3cc4c(cc13)OCO4)-c1cc3c(c(=O)n1C2)COC(=O)[C@]3(O)CC)C(=O)OCc1ccc(NC(=O)[C@H](CCCCNC(=O)OC(C)(C)C)NC(=O)CCCCCn2cc(-c3cnc(S(C)(=O)=O)nc3)nn2)cc1. The first-order valence-electron chi connectivity index (χ1n) is 27.5. The van der Waals surface area contributed by atoms with Gasteiger partial charge in [0.1, 0.15) is 30.6 Å². The molecule has 3 aliphatic heterocycles. The van der Waals surface area contributed by atoms with E-state index < -0.39 is 56.7 Å². The lowest BCUT2D eigenvalue weighted by molar-refractivity contribution is -0.172. The molecule has 0 bridgehead atoms. The molecule has 3 aliphatic rings. The van der Waals surface area contributed by atoms with Crippen LogP contribution in [0.2, 0.25) is 0 Å². The van der Waals surface area contributed by atoms with Gasteiger partial charge in [-0.3, -0.25) is 19.1 Å². The largest absolute Gasteiger partial charge is 0.458 e. The number of carbonyl (C=O) groups excluding carboxylic acids is 5. The minimum atomic E-state index is -3.55. The van der Waals surface area contributed by atoms with Crippen molar-refractivity contribution >= 4 is 56.4 Å². The molecule has 4 N–H and O–H groups in total. The summed E-state index contributed by atoms with van der Waals surface area (Å²) in [4.78, 5) is 94.3. The standard InChI is InChI=1S/C57H67N11O14S/c1-7-57(75)41-25-45-49-39(29-68(45)51(71)40(41)32-78-52(57)72)37(38-24-46-47(81-33-80-46)26-43(38)63-49)20-23-66(8-2)55(74)79-31-34-16-18-36(19-17-34)61-50(70)42(14-11-12-21-58-54(73)82-56(3,4)5)62-48(69)15-10-9-13-22-67-30-44(64-65-67)35-27-59-53(60-28-35)83(6,76)77/h16-19,24-28,30,42,75H,7-15,20-23,29,31-33H2,1-6H3,(H,58,73)(H,61,70)(H,62,69)/t42-,57-/m0/s1. The molecule has 83 heavy (non-hydrogen) atoms. The summed E-state index contributed by atoms with van der Waals surface area (Å²) < 4.78 is 54.5. The number of aromatic nitrogens is 7. The monoisotopic (exact) mass is 1160 g/mol. The van der Waals surface area contributed by atoms with Gasteiger partial charge in [-0.05, 0) is 108 Å². The second-order valence-corrected chi connectivity index (χ2v) is 23.5. The number of cyclic esters (lactones) is 1. The van der Waals surface area contributed by atoms with Gasteiger partial charge in [0.05, 0.1) is 35.2 Å². The molecule has 9 rings (SSSR count). The van der Waals surface area contributed by atoms with Gasteiger partial charge >= 0.3 is 18.2 Å². The average molecular weight is 1160 g/mol. The van der Waals surface area contributed by atoms with Crippen LogP contribution in [-0.2, 0) is 76.8 Å². The van der Waals surface area contributed by atoms with Gasteiger partial charge in [0.2, 0.25) is 33.6 Å². The number of anilines is 1. The molecule has 7 heterocycles. The summed E-state index contributed by atoms with van der Waals surface area (Å²) in [5.74, 6) is -0.506. The minimum Gasteiger partial charge on any atom is -0.458 e. The van der Waals surface area contributed by atoms with Crippen molar-refractivity contribution in [2.45, 2.75) is 141 Å². The Morgan fingerprint density at radius 1 is 0.940 bits per heavy atom. The lowest BCUT2D eigenvalue weighted by Crippen LogP contribution is -2.44. The number of amides is 4. The number of likely N-dealkylation sites (N-methyl/N-ethyl adjacent to an activating group) is 1. The Kier molecular flexibility index (Phi) is 17.7. The predicted octanol–water partition coefficient (Wildman–Crippen LogP) is 5.84. The molecule has 0 radical (unpaired) electrons. The maximum absolute atomic E-state index is 14.1. The highest BCUT2D eigenvalue weighted by atomic mass is 32.2. The van der Waals surface area contributed by atoms with Crippen LogP contribution >= 0.6 is 0 Å². The number of ether oxygens (including phenoxy) is 5. The zero-order valence-electron chi connectivity index (χ0n) is 47.1. The highest BCUT2D eigenvalue weighted by molar-refractivity contribution is 7.90. The van der Waals surface area contributed by atoms with Gasteiger partial charge in [-0.15, -0.1) is 5.10 Å². The van der Waals surface area contributed by atoms with Crippen molar-refractivity contribution in [3.05, 3.63) is 99.2 Å². The number of nitrogens with zero attached hydrogens (tertiary/aromatic N) is 8. The van der Waals surface area contributed by atoms with E-state index in [0.29, 0.717) is 109 Å². The van der Waals surface area contributed by atoms with E-state index >= 15 is 0 Å². The molecule has 26 heteroatoms. The first-order chi connectivity index (χ1) is 39.6. The Balaban J connectivity index is 0.795. The number of rotatable bonds is 23. The summed E-state index contributed by atoms with van der Waals surface area (Å²) in [5.41, 5.74) is 2.57. The van der Waals surface area contributed by atoms with Crippen molar-refractivity contribution < 1.29 is 61.2 Å². The Labute approximate surface area is 478 Å². The molecular weight excluding hydrogens is 1090 g/mol. The number of pyridine rings is 2. The molecule has 4 amide bonds. The molecule has 0 aliphatic carbocycles. The number of aliphatic hydroxyl groups is 1. The summed E-state index contributed by atoms with van der Waals surface area (Å²) in [6.45, 7) is 10.0. The van der Waals surface area contributed by atoms with E-state index in [2.05, 4.69) is 36.2 Å². The van der Waals surface area contributed by atoms with Gasteiger partial charge in [0, 0.05) is 85.1 Å². The first-order valence-corrected chi connectivity index (χ1v) is 29.4. The van der Waals surface area contributed by atoms with Crippen LogP contribution < -0.4 is 31.0 Å². The number of benzene rings is 2. The van der Waals surface area contributed by atoms with Crippen LogP contribution in [0.3, 0.4) is 0 Å². The summed E-state index contributed by atoms with van der Waals surface area (Å²) >= 11 is 0. The fourth-order valence-electron chi connectivity index (χ4n) is 10.0. The Morgan fingerprint density at radius 3 is 2.40 bits per heavy atom.